The molecule has 0 aliphatic rings. The third-order valence-electron chi connectivity index (χ3n) is 5.15. The number of rotatable bonds is 14. The first kappa shape index (κ1) is 25.7. The summed E-state index contributed by atoms with van der Waals surface area (Å²) in [5, 5.41) is 0. The van der Waals surface area contributed by atoms with Crippen LogP contribution in [0.5, 0.6) is 0 Å². The van der Waals surface area contributed by atoms with Crippen LogP contribution in [0.25, 0.3) is 0 Å². The number of hydrogen-bond acceptors (Lipinski definition) is 4. The average Bonchev–Trinajstić information content (AvgIpc) is 2.75. The summed E-state index contributed by atoms with van der Waals surface area (Å²) in [6.45, 7) is 4.84. The maximum atomic E-state index is 12.2. The Labute approximate surface area is 181 Å². The van der Waals surface area contributed by atoms with Gasteiger partial charge in [-0.1, -0.05) is 38.5 Å². The molecule has 1 aromatic carbocycles. The molecule has 0 radical (unpaired) electrons. The fourth-order valence-corrected chi connectivity index (χ4v) is 2.99. The Balaban J connectivity index is 2.06. The fourth-order valence-electron chi connectivity index (χ4n) is 2.99. The molecular formula is C24H38N2O4. The number of amides is 2. The van der Waals surface area contributed by atoms with Crippen LogP contribution >= 0.6 is 0 Å². The lowest BCUT2D eigenvalue weighted by atomic mass is 10.0. The number of anilines is 1. The van der Waals surface area contributed by atoms with Gasteiger partial charge in [-0.3, -0.25) is 9.59 Å². The largest absolute Gasteiger partial charge is 0.449 e. The van der Waals surface area contributed by atoms with Crippen molar-refractivity contribution < 1.29 is 19.1 Å². The Morgan fingerprint density at radius 2 is 1.50 bits per heavy atom. The zero-order valence-corrected chi connectivity index (χ0v) is 19.1. The fraction of sp³-hybridized carbons (Fsp3) is 0.625. The van der Waals surface area contributed by atoms with Crippen molar-refractivity contribution in [3.05, 3.63) is 30.3 Å². The van der Waals surface area contributed by atoms with Gasteiger partial charge in [-0.25, -0.2) is 4.79 Å². The summed E-state index contributed by atoms with van der Waals surface area (Å²) >= 11 is 0. The van der Waals surface area contributed by atoms with Gasteiger partial charge in [0.2, 0.25) is 5.91 Å². The lowest BCUT2D eigenvalue weighted by Gasteiger charge is -2.18. The van der Waals surface area contributed by atoms with Crippen LogP contribution in [0.15, 0.2) is 30.3 Å². The van der Waals surface area contributed by atoms with E-state index in [-0.39, 0.29) is 17.9 Å². The predicted octanol–water partition coefficient (Wildman–Crippen LogP) is 5.06. The Hall–Kier alpha value is -2.37. The smallest absolute Gasteiger partial charge is 0.409 e. The summed E-state index contributed by atoms with van der Waals surface area (Å²) in [4.78, 5) is 39.0. The van der Waals surface area contributed by atoms with Crippen molar-refractivity contribution in [1.29, 1.82) is 0 Å². The number of ketones is 1. The molecule has 1 aromatic rings. The van der Waals surface area contributed by atoms with Crippen LogP contribution in [0.2, 0.25) is 0 Å². The summed E-state index contributed by atoms with van der Waals surface area (Å²) < 4.78 is 5.28. The van der Waals surface area contributed by atoms with Crippen molar-refractivity contribution >= 4 is 23.5 Å². The normalized spacial score (nSPS) is 10.7. The number of unbranched alkanes of at least 4 members (excludes halogenated alkanes) is 4. The van der Waals surface area contributed by atoms with Crippen LogP contribution in [0, 0.1) is 5.92 Å². The van der Waals surface area contributed by atoms with Gasteiger partial charge in [0.25, 0.3) is 0 Å². The van der Waals surface area contributed by atoms with E-state index in [4.69, 9.17) is 4.74 Å². The zero-order chi connectivity index (χ0) is 22.4. The van der Waals surface area contributed by atoms with Gasteiger partial charge in [-0.15, -0.1) is 0 Å². The Bertz CT molecular complexity index is 646. The van der Waals surface area contributed by atoms with Crippen LogP contribution in [-0.2, 0) is 14.3 Å². The van der Waals surface area contributed by atoms with Crippen LogP contribution < -0.4 is 4.90 Å². The molecule has 0 saturated carbocycles. The first-order valence-corrected chi connectivity index (χ1v) is 11.0. The number of ether oxygens (including phenoxy) is 1. The van der Waals surface area contributed by atoms with Crippen molar-refractivity contribution in [2.45, 2.75) is 65.2 Å². The van der Waals surface area contributed by atoms with Gasteiger partial charge in [0, 0.05) is 45.1 Å². The topological polar surface area (TPSA) is 66.9 Å². The summed E-state index contributed by atoms with van der Waals surface area (Å²) in [6.07, 6.45) is 5.84. The SMILES string of the molecule is CC(C)C(=O)CCCCCOC(=O)N(C)CCCCCC(=O)N(C)c1ccccc1. The molecule has 2 amide bonds. The molecular weight excluding hydrogens is 380 g/mol. The van der Waals surface area contributed by atoms with Crippen molar-refractivity contribution in [2.75, 3.05) is 32.1 Å². The summed E-state index contributed by atoms with van der Waals surface area (Å²) in [6, 6.07) is 9.61. The number of hydrogen-bond donors (Lipinski definition) is 0. The van der Waals surface area contributed by atoms with Crippen molar-refractivity contribution in [3.63, 3.8) is 0 Å². The number of Topliss-reactive ketones (excluding diaryl/α,β-unsaturated/α-hetero) is 1. The molecule has 6 nitrogen and oxygen atoms in total. The molecule has 0 heterocycles. The molecule has 0 aliphatic heterocycles. The minimum absolute atomic E-state index is 0.0966. The van der Waals surface area contributed by atoms with E-state index in [2.05, 4.69) is 0 Å². The standard InChI is InChI=1S/C24H38N2O4/c1-20(2)22(27)16-10-7-13-19-30-24(29)25(3)18-12-6-11-17-23(28)26(4)21-14-8-5-9-15-21/h5,8-9,14-15,20H,6-7,10-13,16-19H2,1-4H3. The summed E-state index contributed by atoms with van der Waals surface area (Å²) in [7, 11) is 3.53. The predicted molar refractivity (Wildman–Crippen MR) is 121 cm³/mol. The molecule has 0 saturated heterocycles. The maximum Gasteiger partial charge on any atom is 0.409 e. The van der Waals surface area contributed by atoms with Gasteiger partial charge in [0.05, 0.1) is 6.61 Å². The van der Waals surface area contributed by atoms with Crippen molar-refractivity contribution in [1.82, 2.24) is 4.90 Å². The zero-order valence-electron chi connectivity index (χ0n) is 19.1. The number of benzene rings is 1. The molecule has 30 heavy (non-hydrogen) atoms. The number of carbonyl (C=O) groups excluding carboxylic acids is 3. The lowest BCUT2D eigenvalue weighted by molar-refractivity contribution is -0.122. The minimum Gasteiger partial charge on any atom is -0.449 e. The monoisotopic (exact) mass is 418 g/mol. The number of nitrogens with zero attached hydrogens (tertiary/aromatic N) is 2. The summed E-state index contributed by atoms with van der Waals surface area (Å²) in [5.74, 6) is 0.489. The van der Waals surface area contributed by atoms with Gasteiger partial charge >= 0.3 is 6.09 Å². The number of para-hydroxylation sites is 1. The van der Waals surface area contributed by atoms with Gasteiger partial charge in [-0.2, -0.15) is 0 Å². The Kier molecular flexibility index (Phi) is 12.5. The quantitative estimate of drug-likeness (QED) is 0.396. The molecule has 168 valence electrons. The van der Waals surface area contributed by atoms with Gasteiger partial charge in [0.1, 0.15) is 5.78 Å². The van der Waals surface area contributed by atoms with E-state index in [1.807, 2.05) is 44.2 Å². The van der Waals surface area contributed by atoms with Gasteiger partial charge < -0.3 is 14.5 Å². The Morgan fingerprint density at radius 3 is 2.17 bits per heavy atom. The third kappa shape index (κ3) is 10.4. The highest BCUT2D eigenvalue weighted by atomic mass is 16.6. The Morgan fingerprint density at radius 1 is 0.867 bits per heavy atom. The maximum absolute atomic E-state index is 12.2. The molecule has 0 unspecified atom stereocenters. The molecule has 0 atom stereocenters. The second kappa shape index (κ2) is 14.6. The highest BCUT2D eigenvalue weighted by Gasteiger charge is 2.12. The first-order valence-electron chi connectivity index (χ1n) is 11.0. The van der Waals surface area contributed by atoms with Crippen molar-refractivity contribution in [2.24, 2.45) is 5.92 Å². The molecule has 0 fully saturated rings. The third-order valence-corrected chi connectivity index (χ3v) is 5.15. The number of carbonyl (C=O) groups is 3. The molecule has 0 aliphatic carbocycles. The second-order valence-corrected chi connectivity index (χ2v) is 8.07. The van der Waals surface area contributed by atoms with E-state index in [9.17, 15) is 14.4 Å². The molecule has 1 rings (SSSR count). The van der Waals surface area contributed by atoms with E-state index < -0.39 is 0 Å². The van der Waals surface area contributed by atoms with Crippen LogP contribution in [-0.4, -0.2) is 49.9 Å². The van der Waals surface area contributed by atoms with Crippen LogP contribution in [0.1, 0.15) is 65.2 Å². The highest BCUT2D eigenvalue weighted by molar-refractivity contribution is 5.92. The average molecular weight is 419 g/mol. The molecule has 0 N–H and O–H groups in total. The molecule has 0 spiro atoms. The molecule has 6 heteroatoms. The van der Waals surface area contributed by atoms with Crippen molar-refractivity contribution in [3.8, 4) is 0 Å². The highest BCUT2D eigenvalue weighted by Crippen LogP contribution is 2.13. The van der Waals surface area contributed by atoms with Gasteiger partial charge in [-0.05, 0) is 44.2 Å². The minimum atomic E-state index is -0.312. The molecule has 0 bridgehead atoms. The van der Waals surface area contributed by atoms with E-state index in [0.717, 1.165) is 44.2 Å². The lowest BCUT2D eigenvalue weighted by Crippen LogP contribution is -2.29. The second-order valence-electron chi connectivity index (χ2n) is 8.07. The van der Waals surface area contributed by atoms with E-state index in [1.54, 1.807) is 23.9 Å². The summed E-state index contributed by atoms with van der Waals surface area (Å²) in [5.41, 5.74) is 0.900. The molecule has 0 aromatic heterocycles. The van der Waals surface area contributed by atoms with E-state index in [1.165, 1.54) is 0 Å². The first-order chi connectivity index (χ1) is 14.3. The van der Waals surface area contributed by atoms with E-state index >= 15 is 0 Å². The van der Waals surface area contributed by atoms with Crippen LogP contribution in [0.3, 0.4) is 0 Å². The van der Waals surface area contributed by atoms with Crippen LogP contribution in [0.4, 0.5) is 10.5 Å². The van der Waals surface area contributed by atoms with E-state index in [0.29, 0.717) is 31.8 Å². The van der Waals surface area contributed by atoms with Gasteiger partial charge in [0.15, 0.2) is 0 Å².